The molecule has 0 saturated heterocycles. The second-order valence-corrected chi connectivity index (χ2v) is 7.04. The fourth-order valence-electron chi connectivity index (χ4n) is 3.57. The standard InChI is InChI=1S/C16H29NO/c1-12(10-14-8-6-5-7-9-14)15-17-16(3,4)11-13(2)18-15/h12-14H,5-11H2,1-4H3/t12-,13+/m0/s1. The Bertz CT molecular complexity index is 302. The predicted molar refractivity (Wildman–Crippen MR) is 77.0 cm³/mol. The monoisotopic (exact) mass is 251 g/mol. The van der Waals surface area contributed by atoms with Gasteiger partial charge in [-0.05, 0) is 33.1 Å². The van der Waals surface area contributed by atoms with E-state index < -0.39 is 0 Å². The van der Waals surface area contributed by atoms with Gasteiger partial charge in [0.05, 0.1) is 11.6 Å². The lowest BCUT2D eigenvalue weighted by Gasteiger charge is -2.34. The van der Waals surface area contributed by atoms with Gasteiger partial charge in [0.15, 0.2) is 5.90 Å². The van der Waals surface area contributed by atoms with E-state index in [0.717, 1.165) is 18.2 Å². The molecular formula is C16H29NO. The van der Waals surface area contributed by atoms with Crippen LogP contribution in [0.5, 0.6) is 0 Å². The zero-order chi connectivity index (χ0) is 13.2. The molecule has 1 heterocycles. The molecule has 0 radical (unpaired) electrons. The van der Waals surface area contributed by atoms with Crippen LogP contribution in [-0.2, 0) is 4.74 Å². The highest BCUT2D eigenvalue weighted by molar-refractivity contribution is 5.79. The summed E-state index contributed by atoms with van der Waals surface area (Å²) in [7, 11) is 0. The van der Waals surface area contributed by atoms with E-state index in [1.54, 1.807) is 0 Å². The van der Waals surface area contributed by atoms with Crippen LogP contribution in [-0.4, -0.2) is 17.5 Å². The first-order valence-electron chi connectivity index (χ1n) is 7.73. The van der Waals surface area contributed by atoms with E-state index in [4.69, 9.17) is 9.73 Å². The average Bonchev–Trinajstić information content (AvgIpc) is 2.27. The summed E-state index contributed by atoms with van der Waals surface area (Å²) in [6, 6.07) is 0. The molecule has 2 atom stereocenters. The van der Waals surface area contributed by atoms with E-state index in [1.807, 2.05) is 0 Å². The Labute approximate surface area is 112 Å². The van der Waals surface area contributed by atoms with Gasteiger partial charge in [-0.3, -0.25) is 0 Å². The van der Waals surface area contributed by atoms with Gasteiger partial charge in [0.1, 0.15) is 0 Å². The summed E-state index contributed by atoms with van der Waals surface area (Å²) >= 11 is 0. The number of nitrogens with zero attached hydrogens (tertiary/aromatic N) is 1. The highest BCUT2D eigenvalue weighted by atomic mass is 16.5. The van der Waals surface area contributed by atoms with Crippen LogP contribution in [0, 0.1) is 11.8 Å². The fraction of sp³-hybridized carbons (Fsp3) is 0.938. The van der Waals surface area contributed by atoms with E-state index in [9.17, 15) is 0 Å². The van der Waals surface area contributed by atoms with Crippen LogP contribution in [0.2, 0.25) is 0 Å². The molecule has 1 aliphatic heterocycles. The molecule has 0 spiro atoms. The third kappa shape index (κ3) is 3.73. The minimum absolute atomic E-state index is 0.0633. The highest BCUT2D eigenvalue weighted by Crippen LogP contribution is 2.32. The zero-order valence-electron chi connectivity index (χ0n) is 12.5. The number of hydrogen-bond acceptors (Lipinski definition) is 2. The normalized spacial score (nSPS) is 30.4. The van der Waals surface area contributed by atoms with Crippen molar-refractivity contribution in [1.82, 2.24) is 0 Å². The first kappa shape index (κ1) is 13.9. The predicted octanol–water partition coefficient (Wildman–Crippen LogP) is 4.58. The van der Waals surface area contributed by atoms with Crippen LogP contribution in [0.25, 0.3) is 0 Å². The molecule has 0 aromatic carbocycles. The Hall–Kier alpha value is -0.530. The molecule has 0 aromatic rings. The molecule has 1 fully saturated rings. The van der Waals surface area contributed by atoms with E-state index in [2.05, 4.69) is 27.7 Å². The molecule has 0 unspecified atom stereocenters. The van der Waals surface area contributed by atoms with Crippen molar-refractivity contribution in [1.29, 1.82) is 0 Å². The van der Waals surface area contributed by atoms with Gasteiger partial charge in [0, 0.05) is 12.3 Å². The van der Waals surface area contributed by atoms with E-state index in [1.165, 1.54) is 38.5 Å². The Morgan fingerprint density at radius 1 is 1.28 bits per heavy atom. The molecule has 2 heteroatoms. The molecule has 2 aliphatic rings. The Morgan fingerprint density at radius 2 is 1.94 bits per heavy atom. The lowest BCUT2D eigenvalue weighted by molar-refractivity contribution is 0.128. The van der Waals surface area contributed by atoms with Crippen molar-refractivity contribution in [3.05, 3.63) is 0 Å². The smallest absolute Gasteiger partial charge is 0.186 e. The van der Waals surface area contributed by atoms with Crippen LogP contribution in [0.1, 0.15) is 72.6 Å². The fourth-order valence-corrected chi connectivity index (χ4v) is 3.57. The van der Waals surface area contributed by atoms with Crippen LogP contribution in [0.4, 0.5) is 0 Å². The molecule has 2 nitrogen and oxygen atoms in total. The van der Waals surface area contributed by atoms with Gasteiger partial charge in [0.2, 0.25) is 0 Å². The second kappa shape index (κ2) is 5.63. The molecule has 18 heavy (non-hydrogen) atoms. The third-order valence-electron chi connectivity index (χ3n) is 4.35. The number of rotatable bonds is 3. The van der Waals surface area contributed by atoms with Gasteiger partial charge in [-0.2, -0.15) is 0 Å². The first-order valence-corrected chi connectivity index (χ1v) is 7.73. The van der Waals surface area contributed by atoms with Gasteiger partial charge < -0.3 is 4.74 Å². The Morgan fingerprint density at radius 3 is 2.56 bits per heavy atom. The van der Waals surface area contributed by atoms with E-state index in [-0.39, 0.29) is 5.54 Å². The Kier molecular flexibility index (Phi) is 4.34. The minimum Gasteiger partial charge on any atom is -0.478 e. The largest absolute Gasteiger partial charge is 0.478 e. The summed E-state index contributed by atoms with van der Waals surface area (Å²) in [5.74, 6) is 2.42. The van der Waals surface area contributed by atoms with Gasteiger partial charge >= 0.3 is 0 Å². The second-order valence-electron chi connectivity index (χ2n) is 7.04. The van der Waals surface area contributed by atoms with Crippen molar-refractivity contribution in [2.75, 3.05) is 0 Å². The lowest BCUT2D eigenvalue weighted by atomic mass is 9.83. The van der Waals surface area contributed by atoms with Crippen molar-refractivity contribution >= 4 is 5.90 Å². The SMILES string of the molecule is C[C@@H]1CC(C)(C)N=C([C@@H](C)CC2CCCCC2)O1. The van der Waals surface area contributed by atoms with Gasteiger partial charge in [-0.25, -0.2) is 4.99 Å². The van der Waals surface area contributed by atoms with Crippen molar-refractivity contribution in [3.63, 3.8) is 0 Å². The summed E-state index contributed by atoms with van der Waals surface area (Å²) in [6.07, 6.45) is 9.73. The van der Waals surface area contributed by atoms with Crippen molar-refractivity contribution in [2.45, 2.75) is 84.3 Å². The summed E-state index contributed by atoms with van der Waals surface area (Å²) < 4.78 is 5.98. The molecule has 1 aliphatic carbocycles. The van der Waals surface area contributed by atoms with Crippen LogP contribution in [0.3, 0.4) is 0 Å². The molecule has 0 N–H and O–H groups in total. The van der Waals surface area contributed by atoms with Gasteiger partial charge in [-0.1, -0.05) is 39.0 Å². The zero-order valence-corrected chi connectivity index (χ0v) is 12.5. The summed E-state index contributed by atoms with van der Waals surface area (Å²) in [4.78, 5) is 4.82. The number of hydrogen-bond donors (Lipinski definition) is 0. The minimum atomic E-state index is 0.0633. The maximum Gasteiger partial charge on any atom is 0.186 e. The molecule has 0 bridgehead atoms. The van der Waals surface area contributed by atoms with Crippen LogP contribution < -0.4 is 0 Å². The number of ether oxygens (including phenoxy) is 1. The summed E-state index contributed by atoms with van der Waals surface area (Å²) in [5, 5.41) is 0. The average molecular weight is 251 g/mol. The maximum atomic E-state index is 5.98. The molecule has 1 saturated carbocycles. The summed E-state index contributed by atoms with van der Waals surface area (Å²) in [5.41, 5.74) is 0.0633. The van der Waals surface area contributed by atoms with E-state index >= 15 is 0 Å². The molecule has 104 valence electrons. The number of aliphatic imine (C=N–C) groups is 1. The van der Waals surface area contributed by atoms with Crippen LogP contribution in [0.15, 0.2) is 4.99 Å². The molecular weight excluding hydrogens is 222 g/mol. The quantitative estimate of drug-likeness (QED) is 0.719. The van der Waals surface area contributed by atoms with Crippen LogP contribution >= 0.6 is 0 Å². The maximum absolute atomic E-state index is 5.98. The molecule has 0 aromatic heterocycles. The van der Waals surface area contributed by atoms with Gasteiger partial charge in [0.25, 0.3) is 0 Å². The van der Waals surface area contributed by atoms with Crippen molar-refractivity contribution < 1.29 is 4.74 Å². The third-order valence-corrected chi connectivity index (χ3v) is 4.35. The van der Waals surface area contributed by atoms with Crippen molar-refractivity contribution in [2.24, 2.45) is 16.8 Å². The summed E-state index contributed by atoms with van der Waals surface area (Å²) in [6.45, 7) is 8.91. The Balaban J connectivity index is 1.95. The first-order chi connectivity index (χ1) is 8.46. The highest BCUT2D eigenvalue weighted by Gasteiger charge is 2.31. The van der Waals surface area contributed by atoms with E-state index in [0.29, 0.717) is 12.0 Å². The molecule has 0 amide bonds. The van der Waals surface area contributed by atoms with Gasteiger partial charge in [-0.15, -0.1) is 0 Å². The van der Waals surface area contributed by atoms with Crippen molar-refractivity contribution in [3.8, 4) is 0 Å². The lowest BCUT2D eigenvalue weighted by Crippen LogP contribution is -2.36. The topological polar surface area (TPSA) is 21.6 Å². The molecule has 2 rings (SSSR count).